The standard InChI is InChI=1S/C18H15F2N3O4S/c1-9-15-13(8-14(10-2-3-10)22-17(15)27-23-9)16(24)21-11-4-6-12(7-5-11)28(25,26)18(19)20/h4-8,10,18H,2-3H2,1H3,(H,21,24). The van der Waals surface area contributed by atoms with Crippen molar-refractivity contribution >= 4 is 32.5 Å². The monoisotopic (exact) mass is 407 g/mol. The molecule has 1 saturated carbocycles. The maximum Gasteiger partial charge on any atom is 0.341 e. The molecule has 1 fully saturated rings. The van der Waals surface area contributed by atoms with Crippen LogP contribution in [0.4, 0.5) is 14.5 Å². The Hall–Kier alpha value is -2.88. The summed E-state index contributed by atoms with van der Waals surface area (Å²) in [6.07, 6.45) is 1.99. The number of alkyl halides is 2. The molecule has 1 aliphatic rings. The summed E-state index contributed by atoms with van der Waals surface area (Å²) in [5.41, 5.74) is 2.17. The molecule has 0 bridgehead atoms. The predicted octanol–water partition coefficient (Wildman–Crippen LogP) is 3.66. The van der Waals surface area contributed by atoms with E-state index in [0.717, 1.165) is 30.7 Å². The van der Waals surface area contributed by atoms with E-state index in [1.165, 1.54) is 12.1 Å². The zero-order valence-electron chi connectivity index (χ0n) is 14.6. The first-order valence-electron chi connectivity index (χ1n) is 8.48. The number of halogens is 2. The summed E-state index contributed by atoms with van der Waals surface area (Å²) < 4.78 is 53.4. The van der Waals surface area contributed by atoms with Crippen molar-refractivity contribution in [1.29, 1.82) is 0 Å². The first-order valence-corrected chi connectivity index (χ1v) is 10.0. The van der Waals surface area contributed by atoms with Crippen molar-refractivity contribution in [1.82, 2.24) is 10.1 Å². The number of benzene rings is 1. The largest absolute Gasteiger partial charge is 0.341 e. The van der Waals surface area contributed by atoms with Gasteiger partial charge in [-0.1, -0.05) is 5.16 Å². The van der Waals surface area contributed by atoms with Gasteiger partial charge in [-0.05, 0) is 50.1 Å². The highest BCUT2D eigenvalue weighted by molar-refractivity contribution is 7.91. The smallest absolute Gasteiger partial charge is 0.336 e. The summed E-state index contributed by atoms with van der Waals surface area (Å²) in [4.78, 5) is 16.7. The van der Waals surface area contributed by atoms with E-state index >= 15 is 0 Å². The van der Waals surface area contributed by atoms with Gasteiger partial charge in [0.2, 0.25) is 9.84 Å². The van der Waals surface area contributed by atoms with E-state index in [9.17, 15) is 22.0 Å². The van der Waals surface area contributed by atoms with E-state index < -0.39 is 26.4 Å². The number of carbonyl (C=O) groups excluding carboxylic acids is 1. The van der Waals surface area contributed by atoms with Gasteiger partial charge in [-0.25, -0.2) is 13.4 Å². The summed E-state index contributed by atoms with van der Waals surface area (Å²) in [6, 6.07) is 6.27. The van der Waals surface area contributed by atoms with Gasteiger partial charge >= 0.3 is 5.76 Å². The van der Waals surface area contributed by atoms with Crippen LogP contribution >= 0.6 is 0 Å². The quantitative estimate of drug-likeness (QED) is 0.693. The lowest BCUT2D eigenvalue weighted by Crippen LogP contribution is -2.14. The maximum absolute atomic E-state index is 12.8. The molecule has 0 aliphatic heterocycles. The number of nitrogens with one attached hydrogen (secondary N) is 1. The Kier molecular flexibility index (Phi) is 4.37. The topological polar surface area (TPSA) is 102 Å². The molecule has 0 saturated heterocycles. The van der Waals surface area contributed by atoms with Crippen LogP contribution in [0.2, 0.25) is 0 Å². The molecule has 1 aliphatic carbocycles. The Bertz CT molecular complexity index is 1170. The second kappa shape index (κ2) is 6.62. The molecule has 1 N–H and O–H groups in total. The lowest BCUT2D eigenvalue weighted by molar-refractivity contribution is 0.102. The predicted molar refractivity (Wildman–Crippen MR) is 96.1 cm³/mol. The van der Waals surface area contributed by atoms with Crippen molar-refractivity contribution in [3.8, 4) is 0 Å². The summed E-state index contributed by atoms with van der Waals surface area (Å²) in [5.74, 6) is -3.67. The Balaban J connectivity index is 1.65. The molecule has 28 heavy (non-hydrogen) atoms. The molecule has 10 heteroatoms. The zero-order chi connectivity index (χ0) is 20.1. The van der Waals surface area contributed by atoms with Crippen molar-refractivity contribution in [2.75, 3.05) is 5.32 Å². The van der Waals surface area contributed by atoms with Gasteiger partial charge in [0.05, 0.1) is 21.5 Å². The van der Waals surface area contributed by atoms with Gasteiger partial charge in [0.25, 0.3) is 11.6 Å². The Labute approximate surface area is 158 Å². The average molecular weight is 407 g/mol. The number of rotatable bonds is 5. The summed E-state index contributed by atoms with van der Waals surface area (Å²) in [5, 5.41) is 7.01. The van der Waals surface area contributed by atoms with Crippen LogP contribution in [0.1, 0.15) is 40.5 Å². The fourth-order valence-electron chi connectivity index (χ4n) is 2.91. The van der Waals surface area contributed by atoms with E-state index in [0.29, 0.717) is 22.6 Å². The summed E-state index contributed by atoms with van der Waals surface area (Å²) >= 11 is 0. The third kappa shape index (κ3) is 3.24. The first-order chi connectivity index (χ1) is 13.3. The minimum Gasteiger partial charge on any atom is -0.336 e. The van der Waals surface area contributed by atoms with E-state index in [-0.39, 0.29) is 11.4 Å². The van der Waals surface area contributed by atoms with Crippen LogP contribution in [-0.2, 0) is 9.84 Å². The molecule has 3 aromatic rings. The number of hydrogen-bond donors (Lipinski definition) is 1. The number of amides is 1. The highest BCUT2D eigenvalue weighted by atomic mass is 32.2. The number of aromatic nitrogens is 2. The zero-order valence-corrected chi connectivity index (χ0v) is 15.5. The number of fused-ring (bicyclic) bond motifs is 1. The fraction of sp³-hybridized carbons (Fsp3) is 0.278. The highest BCUT2D eigenvalue weighted by Crippen LogP contribution is 2.40. The first kappa shape index (κ1) is 18.5. The molecular weight excluding hydrogens is 392 g/mol. The molecule has 4 rings (SSSR count). The molecule has 0 unspecified atom stereocenters. The number of carbonyl (C=O) groups is 1. The van der Waals surface area contributed by atoms with Crippen LogP contribution in [0.25, 0.3) is 11.1 Å². The Morgan fingerprint density at radius 2 is 1.93 bits per heavy atom. The maximum atomic E-state index is 12.8. The molecule has 1 aromatic carbocycles. The number of anilines is 1. The van der Waals surface area contributed by atoms with Gasteiger partial charge in [0.1, 0.15) is 0 Å². The van der Waals surface area contributed by atoms with Crippen molar-refractivity contribution in [2.24, 2.45) is 0 Å². The molecule has 2 heterocycles. The van der Waals surface area contributed by atoms with Crippen LogP contribution in [0.3, 0.4) is 0 Å². The minimum atomic E-state index is -4.68. The van der Waals surface area contributed by atoms with Gasteiger partial charge in [-0.3, -0.25) is 4.79 Å². The minimum absolute atomic E-state index is 0.269. The Morgan fingerprint density at radius 1 is 1.25 bits per heavy atom. The van der Waals surface area contributed by atoms with E-state index in [2.05, 4.69) is 15.5 Å². The Morgan fingerprint density at radius 3 is 2.54 bits per heavy atom. The van der Waals surface area contributed by atoms with Crippen molar-refractivity contribution in [3.05, 3.63) is 47.3 Å². The third-order valence-electron chi connectivity index (χ3n) is 4.55. The van der Waals surface area contributed by atoms with E-state index in [1.54, 1.807) is 13.0 Å². The normalized spacial score (nSPS) is 14.6. The molecule has 7 nitrogen and oxygen atoms in total. The van der Waals surface area contributed by atoms with Crippen LogP contribution in [0, 0.1) is 6.92 Å². The number of nitrogens with zero attached hydrogens (tertiary/aromatic N) is 2. The molecule has 0 spiro atoms. The molecular formula is C18H15F2N3O4S. The second-order valence-corrected chi connectivity index (χ2v) is 8.52. The van der Waals surface area contributed by atoms with Crippen molar-refractivity contribution in [2.45, 2.75) is 36.3 Å². The fourth-order valence-corrected chi connectivity index (χ4v) is 3.63. The van der Waals surface area contributed by atoms with Gasteiger partial charge in [-0.15, -0.1) is 0 Å². The third-order valence-corrected chi connectivity index (χ3v) is 5.95. The van der Waals surface area contributed by atoms with Gasteiger partial charge in [0, 0.05) is 17.3 Å². The van der Waals surface area contributed by atoms with E-state index in [1.807, 2.05) is 0 Å². The van der Waals surface area contributed by atoms with Crippen LogP contribution in [0.15, 0.2) is 39.8 Å². The SMILES string of the molecule is Cc1noc2nc(C3CC3)cc(C(=O)Nc3ccc(S(=O)(=O)C(F)F)cc3)c12. The summed E-state index contributed by atoms with van der Waals surface area (Å²) in [6.45, 7) is 1.70. The van der Waals surface area contributed by atoms with Crippen molar-refractivity contribution < 1.29 is 26.5 Å². The molecule has 0 radical (unpaired) electrons. The average Bonchev–Trinajstić information content (AvgIpc) is 3.45. The van der Waals surface area contributed by atoms with Crippen LogP contribution < -0.4 is 5.32 Å². The van der Waals surface area contributed by atoms with Crippen LogP contribution in [-0.4, -0.2) is 30.2 Å². The summed E-state index contributed by atoms with van der Waals surface area (Å²) in [7, 11) is -4.68. The number of pyridine rings is 1. The number of sulfone groups is 1. The van der Waals surface area contributed by atoms with E-state index in [4.69, 9.17) is 4.52 Å². The molecule has 2 aromatic heterocycles. The van der Waals surface area contributed by atoms with Gasteiger partial charge < -0.3 is 9.84 Å². The number of aryl methyl sites for hydroxylation is 1. The number of hydrogen-bond acceptors (Lipinski definition) is 6. The molecule has 0 atom stereocenters. The van der Waals surface area contributed by atoms with Crippen molar-refractivity contribution in [3.63, 3.8) is 0 Å². The van der Waals surface area contributed by atoms with Crippen LogP contribution in [0.5, 0.6) is 0 Å². The molecule has 1 amide bonds. The second-order valence-electron chi connectivity index (χ2n) is 6.60. The lowest BCUT2D eigenvalue weighted by Gasteiger charge is -2.09. The van der Waals surface area contributed by atoms with Gasteiger partial charge in [-0.2, -0.15) is 8.78 Å². The van der Waals surface area contributed by atoms with Gasteiger partial charge in [0.15, 0.2) is 0 Å². The molecule has 146 valence electrons. The highest BCUT2D eigenvalue weighted by Gasteiger charge is 2.29. The lowest BCUT2D eigenvalue weighted by atomic mass is 10.1.